The minimum Gasteiger partial charge on any atom is -0.464 e. The van der Waals surface area contributed by atoms with Gasteiger partial charge in [0.15, 0.2) is 14.0 Å². The summed E-state index contributed by atoms with van der Waals surface area (Å²) in [6, 6.07) is -0.740. The van der Waals surface area contributed by atoms with E-state index in [9.17, 15) is 9.59 Å². The third kappa shape index (κ3) is 6.85. The van der Waals surface area contributed by atoms with Crippen LogP contribution in [0.3, 0.4) is 0 Å². The molecule has 0 aliphatic carbocycles. The molecule has 0 fully saturated rings. The second-order valence-corrected chi connectivity index (χ2v) is 14.4. The van der Waals surface area contributed by atoms with E-state index in [1.807, 2.05) is 6.92 Å². The summed E-state index contributed by atoms with van der Waals surface area (Å²) in [6.45, 7) is 19.4. The van der Waals surface area contributed by atoms with Crippen LogP contribution in [0, 0.1) is 6.92 Å². The molecule has 0 unspecified atom stereocenters. The van der Waals surface area contributed by atoms with Gasteiger partial charge in [0.25, 0.3) is 0 Å². The molecule has 29 heavy (non-hydrogen) atoms. The van der Waals surface area contributed by atoms with Gasteiger partial charge < -0.3 is 23.6 Å². The molecule has 1 aromatic heterocycles. The topological polar surface area (TPSA) is 99.9 Å². The first kappa shape index (κ1) is 25.2. The van der Waals surface area contributed by atoms with Crippen molar-refractivity contribution in [3.8, 4) is 0 Å². The molecule has 1 amide bonds. The van der Waals surface area contributed by atoms with Crippen molar-refractivity contribution >= 4 is 20.4 Å². The maximum Gasteiger partial charge on any atom is 0.408 e. The van der Waals surface area contributed by atoms with Crippen LogP contribution < -0.4 is 5.32 Å². The van der Waals surface area contributed by atoms with Gasteiger partial charge in [0.1, 0.15) is 17.4 Å². The molecule has 0 aliphatic heterocycles. The molecule has 0 aliphatic rings. The summed E-state index contributed by atoms with van der Waals surface area (Å²) in [5.41, 5.74) is -0.597. The van der Waals surface area contributed by atoms with Crippen molar-refractivity contribution < 1.29 is 27.9 Å². The van der Waals surface area contributed by atoms with E-state index in [-0.39, 0.29) is 16.6 Å². The first-order valence-electron chi connectivity index (χ1n) is 9.71. The third-order valence-corrected chi connectivity index (χ3v) is 9.46. The van der Waals surface area contributed by atoms with E-state index in [1.54, 1.807) is 27.7 Å². The minimum absolute atomic E-state index is 0.0264. The van der Waals surface area contributed by atoms with Crippen molar-refractivity contribution in [1.82, 2.24) is 10.3 Å². The van der Waals surface area contributed by atoms with E-state index < -0.39 is 38.1 Å². The number of ether oxygens (including phenoxy) is 2. The number of aryl methyl sites for hydroxylation is 1. The Bertz CT molecular complexity index is 730. The van der Waals surface area contributed by atoms with E-state index in [1.165, 1.54) is 7.11 Å². The number of hydrogen-bond donors (Lipinski definition) is 1. The van der Waals surface area contributed by atoms with Crippen molar-refractivity contribution in [1.29, 1.82) is 0 Å². The van der Waals surface area contributed by atoms with E-state index in [4.69, 9.17) is 18.3 Å². The summed E-state index contributed by atoms with van der Waals surface area (Å²) in [6.07, 6.45) is -1.09. The number of methoxy groups -OCH3 is 1. The van der Waals surface area contributed by atoms with Crippen LogP contribution in [0.5, 0.6) is 0 Å². The van der Waals surface area contributed by atoms with Crippen LogP contribution in [0.1, 0.15) is 76.6 Å². The second kappa shape index (κ2) is 8.87. The molecule has 0 radical (unpaired) electrons. The summed E-state index contributed by atoms with van der Waals surface area (Å²) in [7, 11) is -0.877. The molecule has 8 nitrogen and oxygen atoms in total. The monoisotopic (exact) mass is 428 g/mol. The number of nitrogens with zero attached hydrogens (tertiary/aromatic N) is 1. The molecule has 0 saturated carbocycles. The predicted octanol–water partition coefficient (Wildman–Crippen LogP) is 4.75. The summed E-state index contributed by atoms with van der Waals surface area (Å²) >= 11 is 0. The maximum atomic E-state index is 12.5. The van der Waals surface area contributed by atoms with E-state index in [0.29, 0.717) is 5.76 Å². The highest BCUT2D eigenvalue weighted by molar-refractivity contribution is 6.74. The van der Waals surface area contributed by atoms with Crippen molar-refractivity contribution in [2.75, 3.05) is 7.11 Å². The fraction of sp³-hybridized carbons (Fsp3) is 0.750. The van der Waals surface area contributed by atoms with E-state index in [0.717, 1.165) is 0 Å². The van der Waals surface area contributed by atoms with Crippen molar-refractivity contribution in [3.05, 3.63) is 17.3 Å². The van der Waals surface area contributed by atoms with Gasteiger partial charge in [-0.1, -0.05) is 20.8 Å². The van der Waals surface area contributed by atoms with Crippen molar-refractivity contribution in [3.63, 3.8) is 0 Å². The molecule has 0 aromatic carbocycles. The Hall–Kier alpha value is -1.87. The fourth-order valence-corrected chi connectivity index (χ4v) is 3.78. The van der Waals surface area contributed by atoms with Crippen LogP contribution in [0.15, 0.2) is 4.42 Å². The van der Waals surface area contributed by atoms with Gasteiger partial charge in [-0.2, -0.15) is 0 Å². The number of aromatic nitrogens is 1. The van der Waals surface area contributed by atoms with Crippen molar-refractivity contribution in [2.24, 2.45) is 0 Å². The highest BCUT2D eigenvalue weighted by Gasteiger charge is 2.41. The van der Waals surface area contributed by atoms with Crippen LogP contribution in [-0.2, 0) is 13.9 Å². The molecular formula is C20H36N2O6Si. The zero-order valence-electron chi connectivity index (χ0n) is 19.6. The van der Waals surface area contributed by atoms with E-state index >= 15 is 0 Å². The zero-order valence-corrected chi connectivity index (χ0v) is 20.6. The Morgan fingerprint density at radius 1 is 1.14 bits per heavy atom. The normalized spacial score (nSPS) is 14.9. The van der Waals surface area contributed by atoms with Gasteiger partial charge in [-0.05, 0) is 52.8 Å². The summed E-state index contributed by atoms with van der Waals surface area (Å²) in [4.78, 5) is 28.6. The lowest BCUT2D eigenvalue weighted by Gasteiger charge is -2.40. The van der Waals surface area contributed by atoms with Gasteiger partial charge in [0, 0.05) is 0 Å². The lowest BCUT2D eigenvalue weighted by atomic mass is 10.2. The Labute approximate surface area is 174 Å². The quantitative estimate of drug-likeness (QED) is 0.515. The van der Waals surface area contributed by atoms with E-state index in [2.05, 4.69) is 44.2 Å². The summed E-state index contributed by atoms with van der Waals surface area (Å²) < 4.78 is 22.3. The highest BCUT2D eigenvalue weighted by atomic mass is 28.4. The Kier molecular flexibility index (Phi) is 7.70. The largest absolute Gasteiger partial charge is 0.464 e. The minimum atomic E-state index is -2.15. The molecule has 1 rings (SSSR count). The SMILES string of the molecule is COC(=O)c1nc([C@@H](NC(=O)OC(C)(C)C)[C@@H](C)O[Si](C)(C)C(C)(C)C)oc1C. The van der Waals surface area contributed by atoms with Gasteiger partial charge >= 0.3 is 12.1 Å². The molecule has 0 spiro atoms. The van der Waals surface area contributed by atoms with Gasteiger partial charge in [0.2, 0.25) is 5.89 Å². The third-order valence-electron chi connectivity index (χ3n) is 4.89. The molecule has 0 bridgehead atoms. The van der Waals surface area contributed by atoms with Crippen LogP contribution in [0.25, 0.3) is 0 Å². The summed E-state index contributed by atoms with van der Waals surface area (Å²) in [5, 5.41) is 2.76. The number of amides is 1. The van der Waals surface area contributed by atoms with Gasteiger partial charge in [-0.15, -0.1) is 0 Å². The number of alkyl carbamates (subject to hydrolysis) is 1. The Morgan fingerprint density at radius 2 is 1.69 bits per heavy atom. The van der Waals surface area contributed by atoms with Crippen LogP contribution in [0.2, 0.25) is 18.1 Å². The van der Waals surface area contributed by atoms with Crippen LogP contribution >= 0.6 is 0 Å². The number of carbonyl (C=O) groups excluding carboxylic acids is 2. The number of esters is 1. The average Bonchev–Trinajstić information content (AvgIpc) is 2.90. The molecular weight excluding hydrogens is 392 g/mol. The van der Waals surface area contributed by atoms with Gasteiger partial charge in [0.05, 0.1) is 13.2 Å². The molecule has 1 heterocycles. The number of carbonyl (C=O) groups is 2. The molecule has 0 saturated heterocycles. The predicted molar refractivity (Wildman–Crippen MR) is 112 cm³/mol. The Morgan fingerprint density at radius 3 is 2.14 bits per heavy atom. The first-order chi connectivity index (χ1) is 13.0. The first-order valence-corrected chi connectivity index (χ1v) is 12.6. The zero-order chi connectivity index (χ0) is 22.8. The number of nitrogens with one attached hydrogen (secondary N) is 1. The molecule has 1 aromatic rings. The smallest absolute Gasteiger partial charge is 0.408 e. The summed E-state index contributed by atoms with van der Waals surface area (Å²) in [5.74, 6) is -0.131. The van der Waals surface area contributed by atoms with Gasteiger partial charge in [-0.3, -0.25) is 0 Å². The number of rotatable bonds is 6. The molecule has 2 atom stereocenters. The lowest BCUT2D eigenvalue weighted by Crippen LogP contribution is -2.48. The van der Waals surface area contributed by atoms with Crippen LogP contribution in [-0.4, -0.2) is 44.2 Å². The Balaban J connectivity index is 3.25. The van der Waals surface area contributed by atoms with Crippen LogP contribution in [0.4, 0.5) is 4.79 Å². The van der Waals surface area contributed by atoms with Crippen molar-refractivity contribution in [2.45, 2.75) is 91.3 Å². The maximum absolute atomic E-state index is 12.5. The van der Waals surface area contributed by atoms with Gasteiger partial charge in [-0.25, -0.2) is 14.6 Å². The molecule has 9 heteroatoms. The fourth-order valence-electron chi connectivity index (χ4n) is 2.36. The number of hydrogen-bond acceptors (Lipinski definition) is 7. The second-order valence-electron chi connectivity index (χ2n) is 9.66. The standard InChI is InChI=1S/C20H36N2O6Si/c1-12-15(17(23)25-9)21-16(26-12)14(22-18(24)27-19(3,4)5)13(2)28-29(10,11)20(6,7)8/h13-14H,1-11H3,(H,22,24)/t13-,14+/m1/s1. The lowest BCUT2D eigenvalue weighted by molar-refractivity contribution is 0.0423. The number of oxazole rings is 1. The average molecular weight is 429 g/mol. The highest BCUT2D eigenvalue weighted by Crippen LogP contribution is 2.38. The molecule has 1 N–H and O–H groups in total. The molecule has 166 valence electrons.